The Kier molecular flexibility index (Phi) is 5.79. The van der Waals surface area contributed by atoms with Crippen LogP contribution in [-0.2, 0) is 9.53 Å². The molecule has 1 unspecified atom stereocenters. The van der Waals surface area contributed by atoms with Crippen LogP contribution in [-0.4, -0.2) is 41.7 Å². The Hall–Kier alpha value is -2.48. The van der Waals surface area contributed by atoms with E-state index in [2.05, 4.69) is 5.32 Å². The molecule has 0 aliphatic carbocycles. The SMILES string of the molecule is COCCC(NC(=O)c1cccc([N+](=O)[O-])c1C)C(=O)O. The fourth-order valence-electron chi connectivity index (χ4n) is 1.80. The van der Waals surface area contributed by atoms with E-state index < -0.39 is 22.8 Å². The van der Waals surface area contributed by atoms with Crippen molar-refractivity contribution < 1.29 is 24.4 Å². The number of nitrogens with zero attached hydrogens (tertiary/aromatic N) is 1. The first-order chi connectivity index (χ1) is 9.88. The van der Waals surface area contributed by atoms with Gasteiger partial charge in [0, 0.05) is 37.3 Å². The quantitative estimate of drug-likeness (QED) is 0.575. The smallest absolute Gasteiger partial charge is 0.326 e. The van der Waals surface area contributed by atoms with Gasteiger partial charge in [0.05, 0.1) is 4.92 Å². The number of carbonyl (C=O) groups is 2. The lowest BCUT2D eigenvalue weighted by atomic mass is 10.1. The molecule has 2 N–H and O–H groups in total. The van der Waals surface area contributed by atoms with Crippen LogP contribution >= 0.6 is 0 Å². The number of nitro benzene ring substituents is 1. The van der Waals surface area contributed by atoms with Crippen molar-refractivity contribution in [1.82, 2.24) is 5.32 Å². The van der Waals surface area contributed by atoms with Crippen molar-refractivity contribution in [3.63, 3.8) is 0 Å². The van der Waals surface area contributed by atoms with E-state index in [1.807, 2.05) is 0 Å². The second-order valence-corrected chi connectivity index (χ2v) is 4.35. The zero-order valence-electron chi connectivity index (χ0n) is 11.7. The predicted molar refractivity (Wildman–Crippen MR) is 73.2 cm³/mol. The molecule has 0 spiro atoms. The first-order valence-electron chi connectivity index (χ1n) is 6.15. The van der Waals surface area contributed by atoms with Gasteiger partial charge in [-0.25, -0.2) is 4.79 Å². The molecule has 0 radical (unpaired) electrons. The van der Waals surface area contributed by atoms with E-state index in [9.17, 15) is 19.7 Å². The maximum absolute atomic E-state index is 12.1. The molecule has 114 valence electrons. The highest BCUT2D eigenvalue weighted by Crippen LogP contribution is 2.21. The number of hydrogen-bond donors (Lipinski definition) is 2. The Balaban J connectivity index is 2.95. The predicted octanol–water partition coefficient (Wildman–Crippen LogP) is 1.12. The van der Waals surface area contributed by atoms with E-state index >= 15 is 0 Å². The summed E-state index contributed by atoms with van der Waals surface area (Å²) >= 11 is 0. The number of nitrogens with one attached hydrogen (secondary N) is 1. The molecule has 1 rings (SSSR count). The van der Waals surface area contributed by atoms with Crippen LogP contribution in [0.3, 0.4) is 0 Å². The van der Waals surface area contributed by atoms with Crippen LogP contribution in [0.5, 0.6) is 0 Å². The van der Waals surface area contributed by atoms with Gasteiger partial charge in [-0.15, -0.1) is 0 Å². The lowest BCUT2D eigenvalue weighted by molar-refractivity contribution is -0.385. The van der Waals surface area contributed by atoms with Crippen molar-refractivity contribution in [3.8, 4) is 0 Å². The standard InChI is InChI=1S/C13H16N2O6/c1-8-9(4-3-5-11(8)15(19)20)12(16)14-10(13(17)18)6-7-21-2/h3-5,10H,6-7H2,1-2H3,(H,14,16)(H,17,18). The molecular weight excluding hydrogens is 280 g/mol. The molecular formula is C13H16N2O6. The molecule has 8 nitrogen and oxygen atoms in total. The molecule has 1 amide bonds. The summed E-state index contributed by atoms with van der Waals surface area (Å²) in [6, 6.07) is 2.96. The molecule has 0 aliphatic heterocycles. The van der Waals surface area contributed by atoms with Crippen LogP contribution in [0.2, 0.25) is 0 Å². The number of nitro groups is 1. The third-order valence-corrected chi connectivity index (χ3v) is 2.96. The van der Waals surface area contributed by atoms with Gasteiger partial charge in [0.2, 0.25) is 0 Å². The Bertz CT molecular complexity index is 558. The molecule has 8 heteroatoms. The minimum absolute atomic E-state index is 0.0767. The van der Waals surface area contributed by atoms with Gasteiger partial charge in [-0.3, -0.25) is 14.9 Å². The van der Waals surface area contributed by atoms with Gasteiger partial charge in [-0.2, -0.15) is 0 Å². The van der Waals surface area contributed by atoms with E-state index in [0.29, 0.717) is 0 Å². The minimum atomic E-state index is -1.19. The van der Waals surface area contributed by atoms with Crippen molar-refractivity contribution in [1.29, 1.82) is 0 Å². The van der Waals surface area contributed by atoms with Crippen LogP contribution in [0, 0.1) is 17.0 Å². The van der Waals surface area contributed by atoms with Crippen molar-refractivity contribution in [2.45, 2.75) is 19.4 Å². The largest absolute Gasteiger partial charge is 0.480 e. The summed E-state index contributed by atoms with van der Waals surface area (Å²) in [5.41, 5.74) is 0.0789. The van der Waals surface area contributed by atoms with Crippen molar-refractivity contribution in [2.75, 3.05) is 13.7 Å². The highest BCUT2D eigenvalue weighted by molar-refractivity contribution is 5.98. The average Bonchev–Trinajstić information content (AvgIpc) is 2.42. The molecule has 0 heterocycles. The number of methoxy groups -OCH3 is 1. The molecule has 0 aliphatic rings. The third kappa shape index (κ3) is 4.25. The summed E-state index contributed by atoms with van der Waals surface area (Å²) in [6.07, 6.45) is 0.103. The highest BCUT2D eigenvalue weighted by Gasteiger charge is 2.23. The fourth-order valence-corrected chi connectivity index (χ4v) is 1.80. The summed E-state index contributed by atoms with van der Waals surface area (Å²) in [7, 11) is 1.42. The van der Waals surface area contributed by atoms with Crippen LogP contribution in [0.15, 0.2) is 18.2 Å². The van der Waals surface area contributed by atoms with Crippen LogP contribution in [0.4, 0.5) is 5.69 Å². The maximum Gasteiger partial charge on any atom is 0.326 e. The maximum atomic E-state index is 12.1. The van der Waals surface area contributed by atoms with E-state index in [0.717, 1.165) is 0 Å². The van der Waals surface area contributed by atoms with Crippen LogP contribution in [0.25, 0.3) is 0 Å². The molecule has 0 aromatic heterocycles. The molecule has 0 bridgehead atoms. The molecule has 21 heavy (non-hydrogen) atoms. The number of ether oxygens (including phenoxy) is 1. The Morgan fingerprint density at radius 1 is 1.48 bits per heavy atom. The van der Waals surface area contributed by atoms with E-state index in [-0.39, 0.29) is 29.8 Å². The number of carbonyl (C=O) groups excluding carboxylic acids is 1. The van der Waals surface area contributed by atoms with Gasteiger partial charge < -0.3 is 15.2 Å². The number of carboxylic acids is 1. The zero-order chi connectivity index (χ0) is 16.0. The first-order valence-corrected chi connectivity index (χ1v) is 6.15. The van der Waals surface area contributed by atoms with Crippen molar-refractivity contribution in [2.24, 2.45) is 0 Å². The zero-order valence-corrected chi connectivity index (χ0v) is 11.7. The van der Waals surface area contributed by atoms with E-state index in [1.54, 1.807) is 0 Å². The van der Waals surface area contributed by atoms with Gasteiger partial charge in [0.25, 0.3) is 11.6 Å². The third-order valence-electron chi connectivity index (χ3n) is 2.96. The van der Waals surface area contributed by atoms with Crippen molar-refractivity contribution in [3.05, 3.63) is 39.4 Å². The van der Waals surface area contributed by atoms with Crippen molar-refractivity contribution >= 4 is 17.6 Å². The number of hydrogen-bond acceptors (Lipinski definition) is 5. The van der Waals surface area contributed by atoms with Gasteiger partial charge in [0.15, 0.2) is 0 Å². The average molecular weight is 296 g/mol. The van der Waals surface area contributed by atoms with Gasteiger partial charge in [0.1, 0.15) is 6.04 Å². The van der Waals surface area contributed by atoms with Gasteiger partial charge >= 0.3 is 5.97 Å². The van der Waals surface area contributed by atoms with E-state index in [4.69, 9.17) is 9.84 Å². The van der Waals surface area contributed by atoms with Gasteiger partial charge in [-0.05, 0) is 13.0 Å². The van der Waals surface area contributed by atoms with Crippen LogP contribution < -0.4 is 5.32 Å². The normalized spacial score (nSPS) is 11.7. The number of aliphatic carboxylic acids is 1. The highest BCUT2D eigenvalue weighted by atomic mass is 16.6. The lowest BCUT2D eigenvalue weighted by Gasteiger charge is -2.15. The summed E-state index contributed by atoms with van der Waals surface area (Å²) in [5, 5.41) is 22.2. The molecule has 1 aromatic carbocycles. The molecule has 1 aromatic rings. The van der Waals surface area contributed by atoms with E-state index in [1.165, 1.54) is 32.2 Å². The second kappa shape index (κ2) is 7.34. The topological polar surface area (TPSA) is 119 Å². The summed E-state index contributed by atoms with van der Waals surface area (Å²) < 4.78 is 4.78. The summed E-state index contributed by atoms with van der Waals surface area (Å²) in [5.74, 6) is -1.86. The molecule has 0 saturated carbocycles. The number of amides is 1. The minimum Gasteiger partial charge on any atom is -0.480 e. The first kappa shape index (κ1) is 16.6. The monoisotopic (exact) mass is 296 g/mol. The Morgan fingerprint density at radius 3 is 2.67 bits per heavy atom. The summed E-state index contributed by atoms with van der Waals surface area (Å²) in [4.78, 5) is 33.4. The number of carboxylic acid groups (broad SMARTS) is 1. The van der Waals surface area contributed by atoms with Gasteiger partial charge in [-0.1, -0.05) is 6.07 Å². The van der Waals surface area contributed by atoms with Crippen LogP contribution in [0.1, 0.15) is 22.3 Å². The number of rotatable bonds is 7. The second-order valence-electron chi connectivity index (χ2n) is 4.35. The molecule has 1 atom stereocenters. The number of benzene rings is 1. The molecule has 0 fully saturated rings. The molecule has 0 saturated heterocycles. The Morgan fingerprint density at radius 2 is 2.14 bits per heavy atom. The Labute approximate surface area is 120 Å². The lowest BCUT2D eigenvalue weighted by Crippen LogP contribution is -2.41. The fraction of sp³-hybridized carbons (Fsp3) is 0.385. The summed E-state index contributed by atoms with van der Waals surface area (Å²) in [6.45, 7) is 1.61.